The summed E-state index contributed by atoms with van der Waals surface area (Å²) in [5.74, 6) is -0.231. The first-order valence-corrected chi connectivity index (χ1v) is 5.30. The summed E-state index contributed by atoms with van der Waals surface area (Å²) in [4.78, 5) is 26.6. The van der Waals surface area contributed by atoms with E-state index in [2.05, 4.69) is 4.98 Å². The third kappa shape index (κ3) is 2.57. The van der Waals surface area contributed by atoms with Gasteiger partial charge in [-0.25, -0.2) is 0 Å². The highest BCUT2D eigenvalue weighted by atomic mass is 35.5. The Morgan fingerprint density at radius 1 is 1.18 bits per heavy atom. The predicted molar refractivity (Wildman–Crippen MR) is 64.5 cm³/mol. The number of nitrogens with zero attached hydrogens (tertiary/aromatic N) is 1. The molecule has 0 saturated heterocycles. The third-order valence-corrected chi connectivity index (χ3v) is 2.51. The zero-order chi connectivity index (χ0) is 12.3. The molecule has 17 heavy (non-hydrogen) atoms. The second kappa shape index (κ2) is 4.89. The van der Waals surface area contributed by atoms with Crippen LogP contribution in [0.2, 0.25) is 5.02 Å². The molecule has 0 fully saturated rings. The minimum absolute atomic E-state index is 0.231. The smallest absolute Gasteiger partial charge is 0.211 e. The number of carbonyl (C=O) groups excluding carboxylic acids is 2. The number of hydrogen-bond acceptors (Lipinski definition) is 3. The summed E-state index contributed by atoms with van der Waals surface area (Å²) in [6, 6.07) is 9.53. The number of rotatable bonds is 3. The van der Waals surface area contributed by atoms with Gasteiger partial charge in [-0.1, -0.05) is 11.6 Å². The second-order valence-corrected chi connectivity index (χ2v) is 3.86. The summed E-state index contributed by atoms with van der Waals surface area (Å²) in [6.45, 7) is 0. The Bertz CT molecular complexity index is 564. The molecule has 1 aromatic heterocycles. The van der Waals surface area contributed by atoms with E-state index in [0.29, 0.717) is 22.4 Å². The largest absolute Gasteiger partial charge is 0.298 e. The quantitative estimate of drug-likeness (QED) is 0.617. The lowest BCUT2D eigenvalue weighted by molar-refractivity contribution is 0.103. The first-order valence-electron chi connectivity index (χ1n) is 4.92. The Labute approximate surface area is 103 Å². The fourth-order valence-corrected chi connectivity index (χ4v) is 1.52. The second-order valence-electron chi connectivity index (χ2n) is 3.43. The van der Waals surface area contributed by atoms with Gasteiger partial charge in [0.2, 0.25) is 5.78 Å². The molecule has 0 atom stereocenters. The van der Waals surface area contributed by atoms with Gasteiger partial charge in [0.25, 0.3) is 0 Å². The Kier molecular flexibility index (Phi) is 3.30. The molecule has 0 amide bonds. The maximum atomic E-state index is 12.0. The number of halogens is 1. The molecule has 0 aliphatic heterocycles. The van der Waals surface area contributed by atoms with Gasteiger partial charge in [0.05, 0.1) is 0 Å². The summed E-state index contributed by atoms with van der Waals surface area (Å²) in [5.41, 5.74) is 1.17. The van der Waals surface area contributed by atoms with Crippen molar-refractivity contribution in [1.29, 1.82) is 0 Å². The summed E-state index contributed by atoms with van der Waals surface area (Å²) < 4.78 is 0. The van der Waals surface area contributed by atoms with Crippen LogP contribution in [-0.2, 0) is 0 Å². The zero-order valence-electron chi connectivity index (χ0n) is 8.76. The van der Waals surface area contributed by atoms with Crippen molar-refractivity contribution in [2.24, 2.45) is 0 Å². The van der Waals surface area contributed by atoms with E-state index in [1.807, 2.05) is 0 Å². The Hall–Kier alpha value is -2.00. The molecule has 0 bridgehead atoms. The average Bonchev–Trinajstić information content (AvgIpc) is 2.39. The topological polar surface area (TPSA) is 47.0 Å². The molecule has 0 aliphatic carbocycles. The molecule has 1 aromatic carbocycles. The van der Waals surface area contributed by atoms with Crippen LogP contribution in [0.15, 0.2) is 42.6 Å². The first kappa shape index (κ1) is 11.5. The number of aldehydes is 1. The lowest BCUT2D eigenvalue weighted by atomic mass is 10.1. The standard InChI is InChI=1S/C13H8ClNO2/c14-11-3-1-10(2-4-11)13(17)12-7-9(8-16)5-6-15-12/h1-8H. The minimum Gasteiger partial charge on any atom is -0.298 e. The van der Waals surface area contributed by atoms with Crippen molar-refractivity contribution >= 4 is 23.7 Å². The molecule has 0 spiro atoms. The number of hydrogen-bond donors (Lipinski definition) is 0. The van der Waals surface area contributed by atoms with E-state index in [0.717, 1.165) is 0 Å². The summed E-state index contributed by atoms with van der Waals surface area (Å²) >= 11 is 5.74. The highest BCUT2D eigenvalue weighted by Gasteiger charge is 2.10. The predicted octanol–water partition coefficient (Wildman–Crippen LogP) is 2.78. The van der Waals surface area contributed by atoms with Gasteiger partial charge in [-0.15, -0.1) is 0 Å². The molecule has 3 nitrogen and oxygen atoms in total. The molecule has 2 aromatic rings. The molecular formula is C13H8ClNO2. The van der Waals surface area contributed by atoms with E-state index in [4.69, 9.17) is 11.6 Å². The van der Waals surface area contributed by atoms with E-state index in [9.17, 15) is 9.59 Å². The SMILES string of the molecule is O=Cc1ccnc(C(=O)c2ccc(Cl)cc2)c1. The lowest BCUT2D eigenvalue weighted by Crippen LogP contribution is -2.04. The van der Waals surface area contributed by atoms with Gasteiger partial charge in [0.1, 0.15) is 12.0 Å². The lowest BCUT2D eigenvalue weighted by Gasteiger charge is -2.01. The van der Waals surface area contributed by atoms with E-state index < -0.39 is 0 Å². The van der Waals surface area contributed by atoms with Crippen LogP contribution in [0.3, 0.4) is 0 Å². The molecule has 0 N–H and O–H groups in total. The normalized spacial score (nSPS) is 9.94. The number of ketones is 1. The monoisotopic (exact) mass is 245 g/mol. The van der Waals surface area contributed by atoms with Crippen LogP contribution in [-0.4, -0.2) is 17.1 Å². The number of aromatic nitrogens is 1. The van der Waals surface area contributed by atoms with Crippen molar-refractivity contribution in [3.63, 3.8) is 0 Å². The van der Waals surface area contributed by atoms with Crippen molar-refractivity contribution < 1.29 is 9.59 Å². The van der Waals surface area contributed by atoms with Crippen LogP contribution < -0.4 is 0 Å². The number of pyridine rings is 1. The summed E-state index contributed by atoms with van der Waals surface area (Å²) in [5, 5.41) is 0.566. The van der Waals surface area contributed by atoms with Crippen LogP contribution in [0.1, 0.15) is 26.4 Å². The van der Waals surface area contributed by atoms with Gasteiger partial charge in [-0.05, 0) is 36.4 Å². The van der Waals surface area contributed by atoms with Gasteiger partial charge in [-0.2, -0.15) is 0 Å². The van der Waals surface area contributed by atoms with Crippen molar-refractivity contribution in [2.45, 2.75) is 0 Å². The molecule has 1 heterocycles. The van der Waals surface area contributed by atoms with Gasteiger partial charge in [-0.3, -0.25) is 14.6 Å². The molecule has 0 aliphatic rings. The van der Waals surface area contributed by atoms with E-state index >= 15 is 0 Å². The molecule has 0 radical (unpaired) electrons. The first-order chi connectivity index (χ1) is 8.20. The molecule has 0 saturated carbocycles. The number of benzene rings is 1. The maximum Gasteiger partial charge on any atom is 0.211 e. The maximum absolute atomic E-state index is 12.0. The van der Waals surface area contributed by atoms with Crippen LogP contribution in [0.25, 0.3) is 0 Å². The van der Waals surface area contributed by atoms with E-state index in [1.54, 1.807) is 30.3 Å². The van der Waals surface area contributed by atoms with Gasteiger partial charge < -0.3 is 0 Å². The molecular weight excluding hydrogens is 238 g/mol. The van der Waals surface area contributed by atoms with E-state index in [1.165, 1.54) is 12.3 Å². The van der Waals surface area contributed by atoms with Crippen LogP contribution in [0.5, 0.6) is 0 Å². The third-order valence-electron chi connectivity index (χ3n) is 2.26. The van der Waals surface area contributed by atoms with Crippen LogP contribution >= 0.6 is 11.6 Å². The summed E-state index contributed by atoms with van der Waals surface area (Å²) in [7, 11) is 0. The van der Waals surface area contributed by atoms with Crippen molar-refractivity contribution in [2.75, 3.05) is 0 Å². The molecule has 0 unspecified atom stereocenters. The minimum atomic E-state index is -0.231. The Balaban J connectivity index is 2.36. The fourth-order valence-electron chi connectivity index (χ4n) is 1.39. The fraction of sp³-hybridized carbons (Fsp3) is 0. The van der Waals surface area contributed by atoms with Crippen molar-refractivity contribution in [3.8, 4) is 0 Å². The highest BCUT2D eigenvalue weighted by molar-refractivity contribution is 6.30. The van der Waals surface area contributed by atoms with Gasteiger partial charge in [0, 0.05) is 22.3 Å². The number of carbonyl (C=O) groups is 2. The van der Waals surface area contributed by atoms with Crippen LogP contribution in [0.4, 0.5) is 0 Å². The molecule has 4 heteroatoms. The average molecular weight is 246 g/mol. The van der Waals surface area contributed by atoms with E-state index in [-0.39, 0.29) is 11.5 Å². The van der Waals surface area contributed by atoms with Crippen molar-refractivity contribution in [3.05, 3.63) is 64.4 Å². The van der Waals surface area contributed by atoms with Gasteiger partial charge in [0.15, 0.2) is 0 Å². The Morgan fingerprint density at radius 2 is 1.88 bits per heavy atom. The molecule has 2 rings (SSSR count). The Morgan fingerprint density at radius 3 is 2.53 bits per heavy atom. The van der Waals surface area contributed by atoms with Crippen molar-refractivity contribution in [1.82, 2.24) is 4.98 Å². The van der Waals surface area contributed by atoms with Crippen LogP contribution in [0, 0.1) is 0 Å². The zero-order valence-corrected chi connectivity index (χ0v) is 9.52. The highest BCUT2D eigenvalue weighted by Crippen LogP contribution is 2.13. The van der Waals surface area contributed by atoms with Gasteiger partial charge >= 0.3 is 0 Å². The summed E-state index contributed by atoms with van der Waals surface area (Å²) in [6.07, 6.45) is 2.12. The molecule has 84 valence electrons.